The highest BCUT2D eigenvalue weighted by molar-refractivity contribution is 5.55. The second-order valence-corrected chi connectivity index (χ2v) is 4.14. The summed E-state index contributed by atoms with van der Waals surface area (Å²) >= 11 is 0. The Labute approximate surface area is 104 Å². The molecule has 0 aliphatic carbocycles. The van der Waals surface area contributed by atoms with Gasteiger partial charge >= 0.3 is 0 Å². The van der Waals surface area contributed by atoms with E-state index in [9.17, 15) is 8.78 Å². The SMILES string of the molecule is CN(Cc1nccn1C)c1c(F)cc(N)cc1F. The Balaban J connectivity index is 2.29. The van der Waals surface area contributed by atoms with Gasteiger partial charge in [0.25, 0.3) is 0 Å². The first-order valence-corrected chi connectivity index (χ1v) is 5.41. The molecule has 4 nitrogen and oxygen atoms in total. The largest absolute Gasteiger partial charge is 0.399 e. The second-order valence-electron chi connectivity index (χ2n) is 4.14. The molecule has 0 radical (unpaired) electrons. The van der Waals surface area contributed by atoms with Gasteiger partial charge in [0, 0.05) is 32.2 Å². The predicted molar refractivity (Wildman–Crippen MR) is 66.1 cm³/mol. The lowest BCUT2D eigenvalue weighted by molar-refractivity contribution is 0.575. The van der Waals surface area contributed by atoms with E-state index in [4.69, 9.17) is 5.73 Å². The fourth-order valence-electron chi connectivity index (χ4n) is 1.79. The summed E-state index contributed by atoms with van der Waals surface area (Å²) in [6.07, 6.45) is 3.41. The number of aromatic nitrogens is 2. The third-order valence-corrected chi connectivity index (χ3v) is 2.72. The summed E-state index contributed by atoms with van der Waals surface area (Å²) in [4.78, 5) is 5.57. The van der Waals surface area contributed by atoms with Crippen molar-refractivity contribution in [2.75, 3.05) is 17.7 Å². The van der Waals surface area contributed by atoms with Gasteiger partial charge < -0.3 is 15.2 Å². The number of benzene rings is 1. The van der Waals surface area contributed by atoms with Crippen molar-refractivity contribution < 1.29 is 8.78 Å². The Morgan fingerprint density at radius 2 is 1.94 bits per heavy atom. The minimum Gasteiger partial charge on any atom is -0.399 e. The van der Waals surface area contributed by atoms with Crippen LogP contribution in [0.2, 0.25) is 0 Å². The number of halogens is 2. The zero-order valence-electron chi connectivity index (χ0n) is 10.2. The lowest BCUT2D eigenvalue weighted by Gasteiger charge is -2.20. The van der Waals surface area contributed by atoms with Gasteiger partial charge in [0.1, 0.15) is 11.5 Å². The Morgan fingerprint density at radius 1 is 1.33 bits per heavy atom. The Hall–Kier alpha value is -2.11. The molecule has 18 heavy (non-hydrogen) atoms. The molecule has 1 heterocycles. The van der Waals surface area contributed by atoms with Gasteiger partial charge in [-0.25, -0.2) is 13.8 Å². The number of imidazole rings is 1. The van der Waals surface area contributed by atoms with Crippen molar-refractivity contribution >= 4 is 11.4 Å². The lowest BCUT2D eigenvalue weighted by atomic mass is 10.2. The molecule has 0 saturated carbocycles. The molecule has 0 bridgehead atoms. The van der Waals surface area contributed by atoms with Crippen LogP contribution in [-0.4, -0.2) is 16.6 Å². The van der Waals surface area contributed by atoms with Gasteiger partial charge in [-0.2, -0.15) is 0 Å². The van der Waals surface area contributed by atoms with Crippen LogP contribution in [0.1, 0.15) is 5.82 Å². The first-order valence-electron chi connectivity index (χ1n) is 5.41. The number of nitrogen functional groups attached to an aromatic ring is 1. The molecule has 2 aromatic rings. The molecule has 2 N–H and O–H groups in total. The molecule has 2 rings (SSSR count). The second kappa shape index (κ2) is 4.64. The fraction of sp³-hybridized carbons (Fsp3) is 0.250. The molecule has 0 saturated heterocycles. The maximum atomic E-state index is 13.7. The molecular formula is C12H14F2N4. The van der Waals surface area contributed by atoms with E-state index >= 15 is 0 Å². The summed E-state index contributed by atoms with van der Waals surface area (Å²) in [5, 5.41) is 0. The molecule has 6 heteroatoms. The molecule has 0 aliphatic rings. The number of aryl methyl sites for hydroxylation is 1. The first-order chi connectivity index (χ1) is 8.49. The summed E-state index contributed by atoms with van der Waals surface area (Å²) in [5.74, 6) is -0.637. The smallest absolute Gasteiger partial charge is 0.151 e. The zero-order valence-corrected chi connectivity index (χ0v) is 10.2. The van der Waals surface area contributed by atoms with Crippen molar-refractivity contribution in [1.29, 1.82) is 0 Å². The van der Waals surface area contributed by atoms with Gasteiger partial charge in [0.2, 0.25) is 0 Å². The summed E-state index contributed by atoms with van der Waals surface area (Å²) < 4.78 is 29.2. The Morgan fingerprint density at radius 3 is 2.44 bits per heavy atom. The number of nitrogens with two attached hydrogens (primary N) is 1. The van der Waals surface area contributed by atoms with Gasteiger partial charge in [0.05, 0.1) is 6.54 Å². The van der Waals surface area contributed by atoms with Crippen molar-refractivity contribution in [3.8, 4) is 0 Å². The van der Waals surface area contributed by atoms with Crippen LogP contribution in [0.15, 0.2) is 24.5 Å². The molecule has 0 atom stereocenters. The van der Waals surface area contributed by atoms with Crippen LogP contribution in [0.25, 0.3) is 0 Å². The monoisotopic (exact) mass is 252 g/mol. The lowest BCUT2D eigenvalue weighted by Crippen LogP contribution is -2.21. The van der Waals surface area contributed by atoms with Gasteiger partial charge in [-0.15, -0.1) is 0 Å². The highest BCUT2D eigenvalue weighted by atomic mass is 19.1. The maximum Gasteiger partial charge on any atom is 0.151 e. The van der Waals surface area contributed by atoms with E-state index in [1.165, 1.54) is 4.90 Å². The summed E-state index contributed by atoms with van der Waals surface area (Å²) in [5.41, 5.74) is 5.34. The van der Waals surface area contributed by atoms with Crippen LogP contribution >= 0.6 is 0 Å². The van der Waals surface area contributed by atoms with Crippen molar-refractivity contribution in [2.24, 2.45) is 7.05 Å². The predicted octanol–water partition coefficient (Wildman–Crippen LogP) is 1.92. The minimum absolute atomic E-state index is 0.0686. The van der Waals surface area contributed by atoms with Crippen molar-refractivity contribution in [3.63, 3.8) is 0 Å². The van der Waals surface area contributed by atoms with E-state index in [-0.39, 0.29) is 11.4 Å². The Bertz CT molecular complexity index is 542. The third kappa shape index (κ3) is 2.27. The normalized spacial score (nSPS) is 10.7. The molecule has 0 unspecified atom stereocenters. The van der Waals surface area contributed by atoms with Crippen LogP contribution in [0.5, 0.6) is 0 Å². The summed E-state index contributed by atoms with van der Waals surface area (Å²) in [6, 6.07) is 2.21. The number of anilines is 2. The van der Waals surface area contributed by atoms with E-state index in [2.05, 4.69) is 4.98 Å². The highest BCUT2D eigenvalue weighted by Gasteiger charge is 2.16. The fourth-order valence-corrected chi connectivity index (χ4v) is 1.79. The van der Waals surface area contributed by atoms with Crippen LogP contribution < -0.4 is 10.6 Å². The van der Waals surface area contributed by atoms with E-state index < -0.39 is 11.6 Å². The molecule has 96 valence electrons. The highest BCUT2D eigenvalue weighted by Crippen LogP contribution is 2.25. The van der Waals surface area contributed by atoms with Crippen LogP contribution in [-0.2, 0) is 13.6 Å². The van der Waals surface area contributed by atoms with Gasteiger partial charge in [0.15, 0.2) is 11.6 Å². The molecule has 0 amide bonds. The minimum atomic E-state index is -0.677. The molecular weight excluding hydrogens is 238 g/mol. The number of hydrogen-bond acceptors (Lipinski definition) is 3. The molecule has 0 aliphatic heterocycles. The standard InChI is InChI=1S/C12H14F2N4/c1-17-4-3-16-11(17)7-18(2)12-9(13)5-8(15)6-10(12)14/h3-6H,7,15H2,1-2H3. The van der Waals surface area contributed by atoms with Gasteiger partial charge in [-0.05, 0) is 12.1 Å². The van der Waals surface area contributed by atoms with E-state index in [1.807, 2.05) is 7.05 Å². The summed E-state index contributed by atoms with van der Waals surface area (Å²) in [6.45, 7) is 0.307. The first kappa shape index (κ1) is 12.3. The van der Waals surface area contributed by atoms with Crippen LogP contribution in [0, 0.1) is 11.6 Å². The van der Waals surface area contributed by atoms with E-state index in [0.717, 1.165) is 12.1 Å². The van der Waals surface area contributed by atoms with Crippen LogP contribution in [0.3, 0.4) is 0 Å². The molecule has 0 fully saturated rings. The molecule has 1 aromatic carbocycles. The average molecular weight is 252 g/mol. The molecule has 1 aromatic heterocycles. The van der Waals surface area contributed by atoms with E-state index in [0.29, 0.717) is 12.4 Å². The van der Waals surface area contributed by atoms with Crippen molar-refractivity contribution in [3.05, 3.63) is 42.0 Å². The average Bonchev–Trinajstić information content (AvgIpc) is 2.62. The Kier molecular flexibility index (Phi) is 3.18. The van der Waals surface area contributed by atoms with Gasteiger partial charge in [-0.1, -0.05) is 0 Å². The number of nitrogens with zero attached hydrogens (tertiary/aromatic N) is 3. The van der Waals surface area contributed by atoms with Crippen molar-refractivity contribution in [1.82, 2.24) is 9.55 Å². The molecule has 0 spiro atoms. The van der Waals surface area contributed by atoms with Crippen LogP contribution in [0.4, 0.5) is 20.2 Å². The quantitative estimate of drug-likeness (QED) is 0.849. The zero-order chi connectivity index (χ0) is 13.3. The number of hydrogen-bond donors (Lipinski definition) is 1. The van der Waals surface area contributed by atoms with Crippen molar-refractivity contribution in [2.45, 2.75) is 6.54 Å². The third-order valence-electron chi connectivity index (χ3n) is 2.72. The van der Waals surface area contributed by atoms with Gasteiger partial charge in [-0.3, -0.25) is 0 Å². The van der Waals surface area contributed by atoms with E-state index in [1.54, 1.807) is 24.0 Å². The summed E-state index contributed by atoms with van der Waals surface area (Å²) in [7, 11) is 3.43. The maximum absolute atomic E-state index is 13.7. The topological polar surface area (TPSA) is 47.1 Å². The number of rotatable bonds is 3.